The number of benzene rings is 2. The van der Waals surface area contributed by atoms with Crippen LogP contribution in [0.1, 0.15) is 21.7 Å². The first-order chi connectivity index (χ1) is 14.2. The molecule has 0 aliphatic heterocycles. The van der Waals surface area contributed by atoms with Crippen LogP contribution in [0.5, 0.6) is 0 Å². The van der Waals surface area contributed by atoms with Crippen molar-refractivity contribution in [3.8, 4) is 5.69 Å². The van der Waals surface area contributed by atoms with Crippen LogP contribution in [0.2, 0.25) is 0 Å². The largest absolute Gasteiger partial charge is 0.320 e. The summed E-state index contributed by atoms with van der Waals surface area (Å²) in [5.74, 6) is 0.147. The summed E-state index contributed by atoms with van der Waals surface area (Å²) < 4.78 is 1.68. The van der Waals surface area contributed by atoms with E-state index in [0.717, 1.165) is 16.9 Å². The van der Waals surface area contributed by atoms with Crippen molar-refractivity contribution in [1.29, 1.82) is 0 Å². The monoisotopic (exact) mass is 402 g/mol. The Morgan fingerprint density at radius 3 is 2.48 bits per heavy atom. The molecule has 0 unspecified atom stereocenters. The van der Waals surface area contributed by atoms with Gasteiger partial charge in [0.1, 0.15) is 0 Å². The topological polar surface area (TPSA) is 85.6 Å². The highest BCUT2D eigenvalue weighted by atomic mass is 32.2. The minimum atomic E-state index is -0.300. The van der Waals surface area contributed by atoms with Crippen LogP contribution in [0.25, 0.3) is 5.69 Å². The van der Waals surface area contributed by atoms with Gasteiger partial charge in [-0.05, 0) is 36.8 Å². The first-order valence-corrected chi connectivity index (χ1v) is 9.98. The van der Waals surface area contributed by atoms with E-state index in [-0.39, 0.29) is 11.6 Å². The molecule has 7 nitrogen and oxygen atoms in total. The molecule has 1 amide bonds. The Hall–Kier alpha value is -3.52. The molecule has 2 heterocycles. The zero-order valence-corrected chi connectivity index (χ0v) is 16.5. The van der Waals surface area contributed by atoms with Crippen LogP contribution in [0, 0.1) is 6.92 Å². The Morgan fingerprint density at radius 2 is 1.72 bits per heavy atom. The van der Waals surface area contributed by atoms with Crippen LogP contribution in [0.15, 0.2) is 78.2 Å². The molecule has 4 rings (SSSR count). The van der Waals surface area contributed by atoms with Crippen LogP contribution in [-0.2, 0) is 5.75 Å². The van der Waals surface area contributed by atoms with Gasteiger partial charge in [-0.1, -0.05) is 53.4 Å². The number of carbonyl (C=O) groups is 1. The summed E-state index contributed by atoms with van der Waals surface area (Å²) in [4.78, 5) is 21.4. The first-order valence-electron chi connectivity index (χ1n) is 8.99. The van der Waals surface area contributed by atoms with Crippen molar-refractivity contribution in [3.05, 3.63) is 90.0 Å². The van der Waals surface area contributed by atoms with Crippen LogP contribution in [0.3, 0.4) is 0 Å². The van der Waals surface area contributed by atoms with Crippen molar-refractivity contribution in [3.63, 3.8) is 0 Å². The summed E-state index contributed by atoms with van der Waals surface area (Å²) in [5.41, 5.74) is 3.52. The number of aryl methyl sites for hydroxylation is 1. The Morgan fingerprint density at radius 1 is 1.00 bits per heavy atom. The average molecular weight is 402 g/mol. The van der Waals surface area contributed by atoms with Crippen molar-refractivity contribution < 1.29 is 4.79 Å². The molecule has 0 saturated heterocycles. The predicted octanol–water partition coefficient (Wildman–Crippen LogP) is 3.91. The summed E-state index contributed by atoms with van der Waals surface area (Å²) in [5, 5.41) is 12.0. The van der Waals surface area contributed by atoms with Crippen molar-refractivity contribution >= 4 is 23.4 Å². The zero-order valence-electron chi connectivity index (χ0n) is 15.7. The van der Waals surface area contributed by atoms with E-state index in [0.29, 0.717) is 16.6 Å². The van der Waals surface area contributed by atoms with Gasteiger partial charge < -0.3 is 5.32 Å². The first kappa shape index (κ1) is 18.8. The Balaban J connectivity index is 1.66. The molecule has 2 aromatic carbocycles. The van der Waals surface area contributed by atoms with E-state index in [2.05, 4.69) is 25.6 Å². The maximum absolute atomic E-state index is 13.0. The van der Waals surface area contributed by atoms with Crippen LogP contribution in [-0.4, -0.2) is 30.9 Å². The number of nitrogens with zero attached hydrogens (tertiary/aromatic N) is 5. The van der Waals surface area contributed by atoms with Crippen molar-refractivity contribution in [2.45, 2.75) is 17.8 Å². The Labute approximate surface area is 172 Å². The maximum atomic E-state index is 13.0. The molecule has 8 heteroatoms. The predicted molar refractivity (Wildman–Crippen MR) is 112 cm³/mol. The number of amides is 1. The van der Waals surface area contributed by atoms with E-state index in [1.54, 1.807) is 23.1 Å². The van der Waals surface area contributed by atoms with Crippen molar-refractivity contribution in [2.24, 2.45) is 0 Å². The second kappa shape index (κ2) is 8.66. The Bertz CT molecular complexity index is 1110. The molecule has 0 aliphatic rings. The fraction of sp³-hybridized carbons (Fsp3) is 0.0952. The smallest absolute Gasteiger partial charge is 0.278 e. The summed E-state index contributed by atoms with van der Waals surface area (Å²) in [6.45, 7) is 1.94. The second-order valence-electron chi connectivity index (χ2n) is 6.22. The number of carbonyl (C=O) groups excluding carboxylic acids is 1. The number of aromatic nitrogens is 5. The summed E-state index contributed by atoms with van der Waals surface area (Å²) in [6, 6.07) is 19.0. The van der Waals surface area contributed by atoms with E-state index in [1.807, 2.05) is 61.5 Å². The molecule has 1 N–H and O–H groups in total. The lowest BCUT2D eigenvalue weighted by Crippen LogP contribution is -2.16. The van der Waals surface area contributed by atoms with Gasteiger partial charge in [-0.25, -0.2) is 14.6 Å². The minimum absolute atomic E-state index is 0.278. The highest BCUT2D eigenvalue weighted by Crippen LogP contribution is 2.23. The molecule has 0 aliphatic carbocycles. The quantitative estimate of drug-likeness (QED) is 0.389. The van der Waals surface area contributed by atoms with Crippen LogP contribution < -0.4 is 5.32 Å². The van der Waals surface area contributed by atoms with Gasteiger partial charge in [0, 0.05) is 23.8 Å². The third-order valence-corrected chi connectivity index (χ3v) is 5.14. The highest BCUT2D eigenvalue weighted by Gasteiger charge is 2.21. The summed E-state index contributed by atoms with van der Waals surface area (Å²) in [7, 11) is 0. The maximum Gasteiger partial charge on any atom is 0.278 e. The number of hydrogen-bond acceptors (Lipinski definition) is 6. The molecule has 0 bridgehead atoms. The van der Waals surface area contributed by atoms with Gasteiger partial charge in [0.25, 0.3) is 5.91 Å². The SMILES string of the molecule is Cc1ccccc1NC(=O)c1nnn(-c2ccccc2)c1CSc1ncccn1. The van der Waals surface area contributed by atoms with Crippen molar-refractivity contribution in [1.82, 2.24) is 25.0 Å². The van der Waals surface area contributed by atoms with Crippen LogP contribution >= 0.6 is 11.8 Å². The summed E-state index contributed by atoms with van der Waals surface area (Å²) in [6.07, 6.45) is 3.38. The molecule has 0 saturated carbocycles. The second-order valence-corrected chi connectivity index (χ2v) is 7.16. The zero-order chi connectivity index (χ0) is 20.1. The normalized spacial score (nSPS) is 10.7. The van der Waals surface area contributed by atoms with Gasteiger partial charge in [-0.3, -0.25) is 4.79 Å². The average Bonchev–Trinajstić information content (AvgIpc) is 3.19. The van der Waals surface area contributed by atoms with Gasteiger partial charge in [0.05, 0.1) is 11.4 Å². The van der Waals surface area contributed by atoms with Gasteiger partial charge in [-0.15, -0.1) is 5.10 Å². The number of para-hydroxylation sites is 2. The van der Waals surface area contributed by atoms with Crippen molar-refractivity contribution in [2.75, 3.05) is 5.32 Å². The molecule has 144 valence electrons. The molecule has 0 radical (unpaired) electrons. The molecule has 29 heavy (non-hydrogen) atoms. The molecule has 0 atom stereocenters. The highest BCUT2D eigenvalue weighted by molar-refractivity contribution is 7.98. The van der Waals surface area contributed by atoms with Gasteiger partial charge in [-0.2, -0.15) is 0 Å². The molecular formula is C21H18N6OS. The molecular weight excluding hydrogens is 384 g/mol. The van der Waals surface area contributed by atoms with E-state index in [9.17, 15) is 4.79 Å². The number of hydrogen-bond donors (Lipinski definition) is 1. The fourth-order valence-electron chi connectivity index (χ4n) is 2.77. The molecule has 2 aromatic heterocycles. The number of rotatable bonds is 6. The standard InChI is InChI=1S/C21H18N6OS/c1-15-8-5-6-11-17(15)24-20(28)19-18(14-29-21-22-12-7-13-23-21)27(26-25-19)16-9-3-2-4-10-16/h2-13H,14H2,1H3,(H,24,28). The minimum Gasteiger partial charge on any atom is -0.320 e. The Kier molecular flexibility index (Phi) is 5.62. The lowest BCUT2D eigenvalue weighted by Gasteiger charge is -2.09. The van der Waals surface area contributed by atoms with Crippen LogP contribution in [0.4, 0.5) is 5.69 Å². The lowest BCUT2D eigenvalue weighted by molar-refractivity contribution is 0.102. The number of anilines is 1. The van der Waals surface area contributed by atoms with Gasteiger partial charge >= 0.3 is 0 Å². The third kappa shape index (κ3) is 4.33. The summed E-state index contributed by atoms with van der Waals surface area (Å²) >= 11 is 1.42. The fourth-order valence-corrected chi connectivity index (χ4v) is 3.57. The number of nitrogens with one attached hydrogen (secondary N) is 1. The van der Waals surface area contributed by atoms with E-state index < -0.39 is 0 Å². The van der Waals surface area contributed by atoms with E-state index in [1.165, 1.54) is 11.8 Å². The third-order valence-electron chi connectivity index (χ3n) is 4.25. The van der Waals surface area contributed by atoms with Gasteiger partial charge in [0.15, 0.2) is 10.9 Å². The van der Waals surface area contributed by atoms with E-state index >= 15 is 0 Å². The molecule has 0 spiro atoms. The lowest BCUT2D eigenvalue weighted by atomic mass is 10.2. The van der Waals surface area contributed by atoms with E-state index in [4.69, 9.17) is 0 Å². The number of thioether (sulfide) groups is 1. The molecule has 0 fully saturated rings. The molecule has 4 aromatic rings. The van der Waals surface area contributed by atoms with Gasteiger partial charge in [0.2, 0.25) is 0 Å².